The zero-order valence-electron chi connectivity index (χ0n) is 15.1. The van der Waals surface area contributed by atoms with E-state index in [1.807, 2.05) is 45.9 Å². The quantitative estimate of drug-likeness (QED) is 0.701. The number of nitrogens with one attached hydrogen (secondary N) is 2. The summed E-state index contributed by atoms with van der Waals surface area (Å²) in [6, 6.07) is 6.80. The lowest BCUT2D eigenvalue weighted by atomic mass is 10.0. The molecule has 0 aliphatic heterocycles. The van der Waals surface area contributed by atoms with Crippen LogP contribution in [0.1, 0.15) is 39.2 Å². The minimum absolute atomic E-state index is 0.252. The fourth-order valence-electron chi connectivity index (χ4n) is 1.92. The number of ether oxygens (including phenoxy) is 2. The van der Waals surface area contributed by atoms with Crippen LogP contribution in [0.2, 0.25) is 0 Å². The fraction of sp³-hybridized carbons (Fsp3) is 0.500. The van der Waals surface area contributed by atoms with Gasteiger partial charge in [-0.1, -0.05) is 45.9 Å². The Kier molecular flexibility index (Phi) is 8.46. The topological polar surface area (TPSA) is 93.7 Å². The Labute approximate surface area is 148 Å². The van der Waals surface area contributed by atoms with Gasteiger partial charge in [0, 0.05) is 6.54 Å². The number of hydrogen-bond donors (Lipinski definition) is 2. The van der Waals surface area contributed by atoms with Crippen LogP contribution in [0.5, 0.6) is 5.75 Å². The first-order valence-corrected chi connectivity index (χ1v) is 8.24. The van der Waals surface area contributed by atoms with E-state index < -0.39 is 24.5 Å². The Morgan fingerprint density at radius 2 is 1.72 bits per heavy atom. The molecule has 2 N–H and O–H groups in total. The van der Waals surface area contributed by atoms with Gasteiger partial charge in [0.05, 0.1) is 0 Å². The predicted octanol–water partition coefficient (Wildman–Crippen LogP) is 2.21. The van der Waals surface area contributed by atoms with Crippen LogP contribution >= 0.6 is 0 Å². The second-order valence-corrected chi connectivity index (χ2v) is 6.29. The number of carbonyl (C=O) groups is 3. The van der Waals surface area contributed by atoms with Gasteiger partial charge in [-0.05, 0) is 23.5 Å². The van der Waals surface area contributed by atoms with Crippen molar-refractivity contribution in [2.75, 3.05) is 19.8 Å². The number of amides is 3. The number of benzene rings is 1. The fourth-order valence-corrected chi connectivity index (χ4v) is 1.92. The van der Waals surface area contributed by atoms with Gasteiger partial charge in [0.1, 0.15) is 5.75 Å². The molecule has 0 saturated carbocycles. The average molecular weight is 350 g/mol. The molecule has 0 aliphatic carbocycles. The van der Waals surface area contributed by atoms with Crippen molar-refractivity contribution in [1.29, 1.82) is 0 Å². The molecule has 1 aromatic rings. The summed E-state index contributed by atoms with van der Waals surface area (Å²) in [5.74, 6) is -0.257. The predicted molar refractivity (Wildman–Crippen MR) is 93.4 cm³/mol. The van der Waals surface area contributed by atoms with Gasteiger partial charge in [0.2, 0.25) is 0 Å². The summed E-state index contributed by atoms with van der Waals surface area (Å²) < 4.78 is 10.2. The first kappa shape index (κ1) is 20.5. The molecule has 0 aromatic heterocycles. The minimum Gasteiger partial charge on any atom is -0.482 e. The highest BCUT2D eigenvalue weighted by atomic mass is 16.6. The van der Waals surface area contributed by atoms with E-state index in [9.17, 15) is 14.4 Å². The molecule has 0 spiro atoms. The standard InChI is InChI=1S/C18H26N2O5/c1-12(2)9-19-18(23)20-16(21)10-25-17(22)11-24-15-8-6-5-7-14(15)13(3)4/h5-8,12-13H,9-11H2,1-4H3,(H2,19,20,21,23). The lowest BCUT2D eigenvalue weighted by Gasteiger charge is -2.13. The van der Waals surface area contributed by atoms with Gasteiger partial charge in [-0.25, -0.2) is 9.59 Å². The summed E-state index contributed by atoms with van der Waals surface area (Å²) >= 11 is 0. The molecule has 1 rings (SSSR count). The smallest absolute Gasteiger partial charge is 0.344 e. The molecule has 7 heteroatoms. The van der Waals surface area contributed by atoms with Crippen LogP contribution in [0.4, 0.5) is 4.79 Å². The summed E-state index contributed by atoms with van der Waals surface area (Å²) in [6.45, 7) is 7.51. The molecule has 0 radical (unpaired) electrons. The number of imide groups is 1. The van der Waals surface area contributed by atoms with E-state index >= 15 is 0 Å². The van der Waals surface area contributed by atoms with E-state index in [1.165, 1.54) is 0 Å². The monoisotopic (exact) mass is 350 g/mol. The van der Waals surface area contributed by atoms with Crippen molar-refractivity contribution in [3.8, 4) is 5.75 Å². The molecule has 0 aliphatic rings. The summed E-state index contributed by atoms with van der Waals surface area (Å²) in [6.07, 6.45) is 0. The van der Waals surface area contributed by atoms with Crippen LogP contribution in [0.15, 0.2) is 24.3 Å². The number of hydrogen-bond acceptors (Lipinski definition) is 5. The Hall–Kier alpha value is -2.57. The second-order valence-electron chi connectivity index (χ2n) is 6.29. The number of carbonyl (C=O) groups excluding carboxylic acids is 3. The maximum Gasteiger partial charge on any atom is 0.344 e. The molecule has 0 bridgehead atoms. The van der Waals surface area contributed by atoms with Crippen molar-refractivity contribution < 1.29 is 23.9 Å². The SMILES string of the molecule is CC(C)CNC(=O)NC(=O)COC(=O)COc1ccccc1C(C)C. The zero-order chi connectivity index (χ0) is 18.8. The van der Waals surface area contributed by atoms with E-state index in [4.69, 9.17) is 9.47 Å². The van der Waals surface area contributed by atoms with Crippen LogP contribution in [0, 0.1) is 5.92 Å². The van der Waals surface area contributed by atoms with Gasteiger partial charge in [0.15, 0.2) is 13.2 Å². The lowest BCUT2D eigenvalue weighted by Crippen LogP contribution is -2.42. The Bertz CT molecular complexity index is 599. The number of urea groups is 1. The Morgan fingerprint density at radius 1 is 1.04 bits per heavy atom. The van der Waals surface area contributed by atoms with Gasteiger partial charge in [0.25, 0.3) is 5.91 Å². The third kappa shape index (κ3) is 8.19. The van der Waals surface area contributed by atoms with E-state index in [0.717, 1.165) is 5.56 Å². The van der Waals surface area contributed by atoms with Crippen molar-refractivity contribution in [1.82, 2.24) is 10.6 Å². The molecule has 0 atom stereocenters. The van der Waals surface area contributed by atoms with Crippen LogP contribution in [-0.4, -0.2) is 37.7 Å². The molecule has 1 aromatic carbocycles. The second kappa shape index (κ2) is 10.3. The average Bonchev–Trinajstić information content (AvgIpc) is 2.56. The lowest BCUT2D eigenvalue weighted by molar-refractivity contribution is -0.150. The summed E-state index contributed by atoms with van der Waals surface area (Å²) in [5.41, 5.74) is 0.981. The Balaban J connectivity index is 2.33. The van der Waals surface area contributed by atoms with E-state index in [1.54, 1.807) is 6.07 Å². The van der Waals surface area contributed by atoms with Crippen LogP contribution in [0.25, 0.3) is 0 Å². The molecule has 0 fully saturated rings. The summed E-state index contributed by atoms with van der Waals surface area (Å²) in [5, 5.41) is 4.61. The zero-order valence-corrected chi connectivity index (χ0v) is 15.1. The highest BCUT2D eigenvalue weighted by molar-refractivity contribution is 5.95. The molecular weight excluding hydrogens is 324 g/mol. The van der Waals surface area contributed by atoms with Gasteiger partial charge in [-0.3, -0.25) is 10.1 Å². The molecule has 138 valence electrons. The van der Waals surface area contributed by atoms with Crippen molar-refractivity contribution >= 4 is 17.9 Å². The maximum absolute atomic E-state index is 11.7. The number of para-hydroxylation sites is 1. The van der Waals surface area contributed by atoms with Crippen molar-refractivity contribution in [2.45, 2.75) is 33.6 Å². The first-order chi connectivity index (χ1) is 11.8. The Morgan fingerprint density at radius 3 is 2.36 bits per heavy atom. The summed E-state index contributed by atoms with van der Waals surface area (Å²) in [4.78, 5) is 34.6. The molecule has 7 nitrogen and oxygen atoms in total. The van der Waals surface area contributed by atoms with Crippen molar-refractivity contribution in [3.05, 3.63) is 29.8 Å². The van der Waals surface area contributed by atoms with Gasteiger partial charge >= 0.3 is 12.0 Å². The normalized spacial score (nSPS) is 10.5. The van der Waals surface area contributed by atoms with E-state index in [-0.39, 0.29) is 18.4 Å². The molecule has 0 heterocycles. The van der Waals surface area contributed by atoms with Crippen molar-refractivity contribution in [2.24, 2.45) is 5.92 Å². The largest absolute Gasteiger partial charge is 0.482 e. The third-order valence-corrected chi connectivity index (χ3v) is 3.17. The third-order valence-electron chi connectivity index (χ3n) is 3.17. The van der Waals surface area contributed by atoms with Gasteiger partial charge in [-0.15, -0.1) is 0 Å². The van der Waals surface area contributed by atoms with E-state index in [0.29, 0.717) is 12.3 Å². The van der Waals surface area contributed by atoms with E-state index in [2.05, 4.69) is 10.6 Å². The molecular formula is C18H26N2O5. The van der Waals surface area contributed by atoms with Crippen LogP contribution < -0.4 is 15.4 Å². The first-order valence-electron chi connectivity index (χ1n) is 8.24. The molecule has 0 unspecified atom stereocenters. The number of esters is 1. The number of rotatable bonds is 8. The minimum atomic E-state index is -0.697. The van der Waals surface area contributed by atoms with Crippen LogP contribution in [0.3, 0.4) is 0 Å². The molecule has 3 amide bonds. The van der Waals surface area contributed by atoms with Crippen molar-refractivity contribution in [3.63, 3.8) is 0 Å². The highest BCUT2D eigenvalue weighted by Crippen LogP contribution is 2.25. The molecule has 0 saturated heterocycles. The molecule has 25 heavy (non-hydrogen) atoms. The summed E-state index contributed by atoms with van der Waals surface area (Å²) in [7, 11) is 0. The van der Waals surface area contributed by atoms with Crippen LogP contribution in [-0.2, 0) is 14.3 Å². The van der Waals surface area contributed by atoms with Gasteiger partial charge in [-0.2, -0.15) is 0 Å². The highest BCUT2D eigenvalue weighted by Gasteiger charge is 2.13. The maximum atomic E-state index is 11.7. The van der Waals surface area contributed by atoms with Gasteiger partial charge < -0.3 is 14.8 Å².